The summed E-state index contributed by atoms with van der Waals surface area (Å²) in [5, 5.41) is 12.0. The lowest BCUT2D eigenvalue weighted by atomic mass is 10.1. The van der Waals surface area contributed by atoms with E-state index in [1.807, 2.05) is 0 Å². The number of alkyl halides is 2. The Kier molecular flexibility index (Phi) is 4.65. The summed E-state index contributed by atoms with van der Waals surface area (Å²) in [6.45, 7) is 0. The molecule has 8 heteroatoms. The van der Waals surface area contributed by atoms with Crippen LogP contribution in [-0.2, 0) is 9.84 Å². The lowest BCUT2D eigenvalue weighted by molar-refractivity contribution is 0.102. The molecule has 0 bridgehead atoms. The van der Waals surface area contributed by atoms with Crippen LogP contribution in [0.5, 0.6) is 5.75 Å². The molecule has 0 aliphatic carbocycles. The first-order valence-electron chi connectivity index (χ1n) is 6.41. The number of phenols is 1. The van der Waals surface area contributed by atoms with Crippen LogP contribution in [0.25, 0.3) is 0 Å². The topological polar surface area (TPSA) is 83.5 Å². The van der Waals surface area contributed by atoms with Gasteiger partial charge in [-0.2, -0.15) is 0 Å². The Morgan fingerprint density at radius 2 is 1.74 bits per heavy atom. The molecule has 0 saturated carbocycles. The predicted molar refractivity (Wildman–Crippen MR) is 80.6 cm³/mol. The van der Waals surface area contributed by atoms with E-state index in [2.05, 4.69) is 5.32 Å². The number of hydrogen-bond donors (Lipinski definition) is 2. The minimum absolute atomic E-state index is 0.142. The van der Waals surface area contributed by atoms with Crippen LogP contribution in [0.2, 0.25) is 0 Å². The van der Waals surface area contributed by atoms with Gasteiger partial charge in [0.1, 0.15) is 10.6 Å². The fourth-order valence-corrected chi connectivity index (χ4v) is 2.66. The van der Waals surface area contributed by atoms with Crippen LogP contribution >= 0.6 is 0 Å². The van der Waals surface area contributed by atoms with E-state index in [1.54, 1.807) is 0 Å². The van der Waals surface area contributed by atoms with Crippen molar-refractivity contribution in [2.24, 2.45) is 0 Å². The lowest BCUT2D eigenvalue weighted by Gasteiger charge is -2.09. The fraction of sp³-hybridized carbons (Fsp3) is 0.133. The average Bonchev–Trinajstić information content (AvgIpc) is 2.48. The van der Waals surface area contributed by atoms with Gasteiger partial charge in [-0.05, 0) is 30.3 Å². The van der Waals surface area contributed by atoms with Gasteiger partial charge in [0, 0.05) is 23.1 Å². The molecule has 2 aromatic rings. The van der Waals surface area contributed by atoms with Gasteiger partial charge in [0.05, 0.1) is 0 Å². The number of sulfone groups is 1. The van der Waals surface area contributed by atoms with Gasteiger partial charge in [0.15, 0.2) is 9.84 Å². The molecule has 122 valence electrons. The second-order valence-corrected chi connectivity index (χ2v) is 6.82. The van der Waals surface area contributed by atoms with E-state index in [0.29, 0.717) is 0 Å². The lowest BCUT2D eigenvalue weighted by Crippen LogP contribution is -2.12. The normalized spacial score (nSPS) is 11.5. The van der Waals surface area contributed by atoms with Crippen molar-refractivity contribution in [2.45, 2.75) is 11.3 Å². The summed E-state index contributed by atoms with van der Waals surface area (Å²) in [4.78, 5) is 11.7. The summed E-state index contributed by atoms with van der Waals surface area (Å²) in [6, 6.07) is 8.36. The van der Waals surface area contributed by atoms with E-state index in [-0.39, 0.29) is 21.7 Å². The van der Waals surface area contributed by atoms with Crippen LogP contribution in [0.4, 0.5) is 14.5 Å². The zero-order valence-electron chi connectivity index (χ0n) is 12.0. The molecule has 0 unspecified atom stereocenters. The molecule has 0 aromatic heterocycles. The van der Waals surface area contributed by atoms with Crippen molar-refractivity contribution in [3.05, 3.63) is 53.6 Å². The number of benzene rings is 2. The Hall–Kier alpha value is -2.48. The van der Waals surface area contributed by atoms with Crippen LogP contribution in [0, 0.1) is 0 Å². The van der Waals surface area contributed by atoms with Crippen LogP contribution in [-0.4, -0.2) is 25.7 Å². The van der Waals surface area contributed by atoms with Crippen molar-refractivity contribution >= 4 is 21.4 Å². The Morgan fingerprint density at radius 1 is 1.13 bits per heavy atom. The van der Waals surface area contributed by atoms with E-state index in [0.717, 1.165) is 30.5 Å². The molecule has 2 N–H and O–H groups in total. The summed E-state index contributed by atoms with van der Waals surface area (Å²) in [5.74, 6) is -1.01. The summed E-state index contributed by atoms with van der Waals surface area (Å²) >= 11 is 0. The molecule has 0 aliphatic rings. The van der Waals surface area contributed by atoms with E-state index in [1.165, 1.54) is 18.2 Å². The molecule has 5 nitrogen and oxygen atoms in total. The summed E-state index contributed by atoms with van der Waals surface area (Å²) < 4.78 is 48.0. The Balaban J connectivity index is 2.23. The van der Waals surface area contributed by atoms with Gasteiger partial charge in [0.2, 0.25) is 0 Å². The first-order chi connectivity index (χ1) is 10.7. The fourth-order valence-electron chi connectivity index (χ4n) is 1.87. The van der Waals surface area contributed by atoms with Crippen LogP contribution in [0.15, 0.2) is 47.4 Å². The number of amides is 1. The molecule has 2 aromatic carbocycles. The van der Waals surface area contributed by atoms with Crippen LogP contribution < -0.4 is 5.32 Å². The zero-order chi connectivity index (χ0) is 17.2. The molecule has 0 fully saturated rings. The quantitative estimate of drug-likeness (QED) is 0.838. The zero-order valence-corrected chi connectivity index (χ0v) is 12.8. The van der Waals surface area contributed by atoms with Gasteiger partial charge in [-0.1, -0.05) is 12.1 Å². The third kappa shape index (κ3) is 4.04. The van der Waals surface area contributed by atoms with Crippen LogP contribution in [0.3, 0.4) is 0 Å². The molecular weight excluding hydrogens is 328 g/mol. The molecule has 0 aliphatic heterocycles. The van der Waals surface area contributed by atoms with Gasteiger partial charge in [-0.3, -0.25) is 4.79 Å². The molecular formula is C15H13F2NO4S. The summed E-state index contributed by atoms with van der Waals surface area (Å²) in [5.41, 5.74) is 0.0973. The third-order valence-corrected chi connectivity index (χ3v) is 4.17. The van der Waals surface area contributed by atoms with Crippen molar-refractivity contribution in [1.82, 2.24) is 0 Å². The van der Waals surface area contributed by atoms with Gasteiger partial charge < -0.3 is 10.4 Å². The average molecular weight is 341 g/mol. The number of anilines is 1. The van der Waals surface area contributed by atoms with Gasteiger partial charge in [0.25, 0.3) is 12.3 Å². The number of nitrogens with one attached hydrogen (secondary N) is 1. The Morgan fingerprint density at radius 3 is 2.26 bits per heavy atom. The van der Waals surface area contributed by atoms with Crippen molar-refractivity contribution in [3.8, 4) is 5.75 Å². The number of carbonyl (C=O) groups is 1. The van der Waals surface area contributed by atoms with Crippen LogP contribution in [0.1, 0.15) is 22.3 Å². The van der Waals surface area contributed by atoms with E-state index in [4.69, 9.17) is 0 Å². The van der Waals surface area contributed by atoms with Gasteiger partial charge in [-0.15, -0.1) is 0 Å². The number of hydrogen-bond acceptors (Lipinski definition) is 4. The third-order valence-electron chi connectivity index (χ3n) is 3.04. The maximum absolute atomic E-state index is 12.5. The number of rotatable bonds is 4. The highest BCUT2D eigenvalue weighted by molar-refractivity contribution is 7.90. The SMILES string of the molecule is CS(=O)(=O)c1cc(NC(=O)c2ccc(C(F)F)cc2)ccc1O. The highest BCUT2D eigenvalue weighted by Gasteiger charge is 2.15. The molecule has 0 radical (unpaired) electrons. The minimum Gasteiger partial charge on any atom is -0.507 e. The number of aromatic hydroxyl groups is 1. The molecule has 0 heterocycles. The maximum Gasteiger partial charge on any atom is 0.263 e. The van der Waals surface area contributed by atoms with E-state index < -0.39 is 27.9 Å². The maximum atomic E-state index is 12.5. The Bertz CT molecular complexity index is 833. The van der Waals surface area contributed by atoms with Gasteiger partial charge in [-0.25, -0.2) is 17.2 Å². The molecule has 0 saturated heterocycles. The second kappa shape index (κ2) is 6.33. The highest BCUT2D eigenvalue weighted by Crippen LogP contribution is 2.26. The summed E-state index contributed by atoms with van der Waals surface area (Å²) in [6.07, 6.45) is -1.70. The largest absolute Gasteiger partial charge is 0.507 e. The first-order valence-corrected chi connectivity index (χ1v) is 8.30. The number of phenolic OH excluding ortho intramolecular Hbond substituents is 1. The number of carbonyl (C=O) groups excluding carboxylic acids is 1. The number of halogens is 2. The molecule has 0 atom stereocenters. The van der Waals surface area contributed by atoms with E-state index >= 15 is 0 Å². The van der Waals surface area contributed by atoms with Crippen molar-refractivity contribution < 1.29 is 27.1 Å². The molecule has 1 amide bonds. The van der Waals surface area contributed by atoms with Crippen molar-refractivity contribution in [1.29, 1.82) is 0 Å². The monoisotopic (exact) mass is 341 g/mol. The van der Waals surface area contributed by atoms with Gasteiger partial charge >= 0.3 is 0 Å². The smallest absolute Gasteiger partial charge is 0.263 e. The molecule has 2 rings (SSSR count). The molecule has 0 spiro atoms. The minimum atomic E-state index is -3.66. The molecule has 23 heavy (non-hydrogen) atoms. The predicted octanol–water partition coefficient (Wildman–Crippen LogP) is 2.99. The van der Waals surface area contributed by atoms with E-state index in [9.17, 15) is 27.1 Å². The summed E-state index contributed by atoms with van der Waals surface area (Å²) in [7, 11) is -3.66. The highest BCUT2D eigenvalue weighted by atomic mass is 32.2. The second-order valence-electron chi connectivity index (χ2n) is 4.83. The van der Waals surface area contributed by atoms with Crippen molar-refractivity contribution in [3.63, 3.8) is 0 Å². The first kappa shape index (κ1) is 16.9. The van der Waals surface area contributed by atoms with Crippen molar-refractivity contribution in [2.75, 3.05) is 11.6 Å². The Labute approximate surface area is 131 Å². The standard InChI is InChI=1S/C15H13F2NO4S/c1-23(21,22)13-8-11(6-7-12(13)19)18-15(20)10-4-2-9(3-5-10)14(16)17/h2-8,14,19H,1H3,(H,18,20).